The summed E-state index contributed by atoms with van der Waals surface area (Å²) in [5.41, 5.74) is 1.11. The molecule has 0 aromatic heterocycles. The fraction of sp³-hybridized carbons (Fsp3) is 0.611. The van der Waals surface area contributed by atoms with Gasteiger partial charge in [0.05, 0.1) is 23.1 Å². The number of halogens is 1. The lowest BCUT2D eigenvalue weighted by Crippen LogP contribution is -2.38. The summed E-state index contributed by atoms with van der Waals surface area (Å²) in [4.78, 5) is 12.2. The van der Waals surface area contributed by atoms with Crippen molar-refractivity contribution in [2.24, 2.45) is 0 Å². The summed E-state index contributed by atoms with van der Waals surface area (Å²) in [5, 5.41) is 10.0. The van der Waals surface area contributed by atoms with Crippen molar-refractivity contribution < 1.29 is 19.4 Å². The van der Waals surface area contributed by atoms with Gasteiger partial charge in [0.15, 0.2) is 11.5 Å². The van der Waals surface area contributed by atoms with Crippen molar-refractivity contribution in [3.63, 3.8) is 0 Å². The van der Waals surface area contributed by atoms with E-state index in [4.69, 9.17) is 9.47 Å². The van der Waals surface area contributed by atoms with Crippen LogP contribution in [0.2, 0.25) is 0 Å². The lowest BCUT2D eigenvalue weighted by atomic mass is 9.67. The van der Waals surface area contributed by atoms with E-state index in [1.165, 1.54) is 0 Å². The maximum atomic E-state index is 12.2. The second kappa shape index (κ2) is 6.71. The van der Waals surface area contributed by atoms with E-state index >= 15 is 0 Å². The fourth-order valence-electron chi connectivity index (χ4n) is 3.87. The molecule has 5 heteroatoms. The number of rotatable bonds is 3. The Bertz CT molecular complexity index is 606. The molecule has 0 amide bonds. The topological polar surface area (TPSA) is 55.8 Å². The number of hydrogen-bond donors (Lipinski definition) is 1. The van der Waals surface area contributed by atoms with Crippen molar-refractivity contribution >= 4 is 21.9 Å². The van der Waals surface area contributed by atoms with Crippen LogP contribution in [0.1, 0.15) is 56.6 Å². The highest BCUT2D eigenvalue weighted by Gasteiger charge is 2.44. The lowest BCUT2D eigenvalue weighted by Gasteiger charge is -2.36. The van der Waals surface area contributed by atoms with Gasteiger partial charge >= 0.3 is 5.97 Å². The first-order valence-corrected chi connectivity index (χ1v) is 9.24. The summed E-state index contributed by atoms with van der Waals surface area (Å²) in [6.07, 6.45) is 6.00. The van der Waals surface area contributed by atoms with E-state index in [0.717, 1.165) is 59.2 Å². The van der Waals surface area contributed by atoms with Crippen LogP contribution in [0.4, 0.5) is 0 Å². The molecule has 126 valence electrons. The summed E-state index contributed by atoms with van der Waals surface area (Å²) in [6.45, 7) is 3.29. The highest BCUT2D eigenvalue weighted by atomic mass is 79.9. The molecule has 1 heterocycles. The van der Waals surface area contributed by atoms with Crippen molar-refractivity contribution in [2.75, 3.05) is 13.2 Å². The molecule has 0 saturated heterocycles. The largest absolute Gasteiger partial charge is 0.489 e. The Balaban J connectivity index is 2.20. The Morgan fingerprint density at radius 3 is 2.43 bits per heavy atom. The molecule has 1 N–H and O–H groups in total. The first-order valence-electron chi connectivity index (χ1n) is 8.45. The van der Waals surface area contributed by atoms with E-state index in [9.17, 15) is 9.90 Å². The molecule has 0 radical (unpaired) electrons. The van der Waals surface area contributed by atoms with Gasteiger partial charge in [-0.25, -0.2) is 0 Å². The smallest absolute Gasteiger partial charge is 0.314 e. The van der Waals surface area contributed by atoms with E-state index in [1.807, 2.05) is 6.07 Å². The zero-order chi connectivity index (χ0) is 16.4. The van der Waals surface area contributed by atoms with Crippen LogP contribution in [0, 0.1) is 0 Å². The van der Waals surface area contributed by atoms with Crippen LogP contribution in [0.5, 0.6) is 11.5 Å². The molecule has 0 atom stereocenters. The maximum absolute atomic E-state index is 12.2. The molecule has 0 bridgehead atoms. The van der Waals surface area contributed by atoms with Gasteiger partial charge in [-0.1, -0.05) is 26.2 Å². The van der Waals surface area contributed by atoms with Gasteiger partial charge in [0.25, 0.3) is 0 Å². The Hall–Kier alpha value is -1.23. The number of hydrogen-bond acceptors (Lipinski definition) is 3. The van der Waals surface area contributed by atoms with Gasteiger partial charge in [-0.3, -0.25) is 4.79 Å². The average Bonchev–Trinajstić information content (AvgIpc) is 2.81. The minimum Gasteiger partial charge on any atom is -0.489 e. The molecule has 1 aliphatic heterocycles. The zero-order valence-electron chi connectivity index (χ0n) is 13.5. The van der Waals surface area contributed by atoms with Crippen LogP contribution < -0.4 is 9.47 Å². The Labute approximate surface area is 145 Å². The van der Waals surface area contributed by atoms with Crippen LogP contribution in [0.25, 0.3) is 0 Å². The summed E-state index contributed by atoms with van der Waals surface area (Å²) in [7, 11) is 0. The minimum atomic E-state index is -0.795. The van der Waals surface area contributed by atoms with E-state index in [-0.39, 0.29) is 0 Å². The Morgan fingerprint density at radius 1 is 1.17 bits per heavy atom. The number of ether oxygens (including phenoxy) is 2. The van der Waals surface area contributed by atoms with Crippen molar-refractivity contribution in [1.29, 1.82) is 0 Å². The Morgan fingerprint density at radius 2 is 1.83 bits per heavy atom. The van der Waals surface area contributed by atoms with Gasteiger partial charge in [-0.2, -0.15) is 0 Å². The lowest BCUT2D eigenvalue weighted by molar-refractivity contribution is -0.145. The zero-order valence-corrected chi connectivity index (χ0v) is 15.1. The normalized spacial score (nSPS) is 19.9. The third kappa shape index (κ3) is 2.84. The highest BCUT2D eigenvalue weighted by Crippen LogP contribution is 2.49. The summed E-state index contributed by atoms with van der Waals surface area (Å²) >= 11 is 3.57. The van der Waals surface area contributed by atoms with E-state index < -0.39 is 11.4 Å². The first kappa shape index (κ1) is 16.6. The van der Waals surface area contributed by atoms with E-state index in [2.05, 4.69) is 22.9 Å². The monoisotopic (exact) mass is 382 g/mol. The van der Waals surface area contributed by atoms with Gasteiger partial charge in [-0.15, -0.1) is 0 Å². The van der Waals surface area contributed by atoms with Crippen LogP contribution in [-0.4, -0.2) is 24.3 Å². The van der Waals surface area contributed by atoms with Crippen LogP contribution in [-0.2, 0) is 16.6 Å². The highest BCUT2D eigenvalue weighted by molar-refractivity contribution is 9.10. The summed E-state index contributed by atoms with van der Waals surface area (Å²) in [5.74, 6) is 0.744. The third-order valence-electron chi connectivity index (χ3n) is 5.06. The molecule has 0 spiro atoms. The molecule has 0 unspecified atom stereocenters. The molecule has 1 saturated carbocycles. The Kier molecular flexibility index (Phi) is 4.85. The first-order chi connectivity index (χ1) is 11.1. The minimum absolute atomic E-state index is 0.607. The van der Waals surface area contributed by atoms with Crippen molar-refractivity contribution in [3.05, 3.63) is 21.7 Å². The quantitative estimate of drug-likeness (QED) is 0.838. The molecule has 1 aromatic carbocycles. The van der Waals surface area contributed by atoms with Crippen LogP contribution >= 0.6 is 15.9 Å². The molecular formula is C18H23BrO4. The van der Waals surface area contributed by atoms with Gasteiger partial charge in [0.2, 0.25) is 0 Å². The second-order valence-electron chi connectivity index (χ2n) is 6.39. The standard InChI is InChI=1S/C18H23BrO4/c1-2-12-13(18(17(20)21)7-4-3-5-8-18)11-14(19)16-15(12)22-9-6-10-23-16/h11H,2-10H2,1H3,(H,20,21). The molecule has 1 aromatic rings. The molecule has 1 fully saturated rings. The second-order valence-corrected chi connectivity index (χ2v) is 7.25. The molecule has 2 aliphatic rings. The van der Waals surface area contributed by atoms with Gasteiger partial charge in [-0.05, 0) is 46.8 Å². The molecule has 4 nitrogen and oxygen atoms in total. The van der Waals surface area contributed by atoms with Gasteiger partial charge < -0.3 is 14.6 Å². The van der Waals surface area contributed by atoms with Crippen LogP contribution in [0.3, 0.4) is 0 Å². The number of carbonyl (C=O) groups is 1. The maximum Gasteiger partial charge on any atom is 0.314 e. The molecular weight excluding hydrogens is 360 g/mol. The molecule has 23 heavy (non-hydrogen) atoms. The number of benzene rings is 1. The summed E-state index contributed by atoms with van der Waals surface area (Å²) in [6, 6.07) is 1.96. The number of carboxylic acids is 1. The predicted octanol–water partition coefficient (Wildman–Crippen LogP) is 4.46. The molecule has 3 rings (SSSR count). The fourth-order valence-corrected chi connectivity index (χ4v) is 4.40. The van der Waals surface area contributed by atoms with E-state index in [0.29, 0.717) is 26.1 Å². The number of aliphatic carboxylic acids is 1. The predicted molar refractivity (Wildman–Crippen MR) is 91.5 cm³/mol. The van der Waals surface area contributed by atoms with Gasteiger partial charge in [0, 0.05) is 12.0 Å². The summed E-state index contributed by atoms with van der Waals surface area (Å²) < 4.78 is 12.6. The SMILES string of the molecule is CCc1c(C2(C(=O)O)CCCCC2)cc(Br)c2c1OCCCO2. The van der Waals surface area contributed by atoms with Crippen molar-refractivity contribution in [3.8, 4) is 11.5 Å². The van der Waals surface area contributed by atoms with Crippen molar-refractivity contribution in [2.45, 2.75) is 57.3 Å². The number of carboxylic acid groups (broad SMARTS) is 1. The van der Waals surface area contributed by atoms with E-state index in [1.54, 1.807) is 0 Å². The van der Waals surface area contributed by atoms with Crippen molar-refractivity contribution in [1.82, 2.24) is 0 Å². The number of fused-ring (bicyclic) bond motifs is 1. The van der Waals surface area contributed by atoms with Crippen LogP contribution in [0.15, 0.2) is 10.5 Å². The average molecular weight is 383 g/mol. The molecule has 1 aliphatic carbocycles. The van der Waals surface area contributed by atoms with Gasteiger partial charge in [0.1, 0.15) is 0 Å². The third-order valence-corrected chi connectivity index (χ3v) is 5.65.